The molecule has 0 spiro atoms. The Morgan fingerprint density at radius 1 is 0.960 bits per heavy atom. The third-order valence-electron chi connectivity index (χ3n) is 4.61. The summed E-state index contributed by atoms with van der Waals surface area (Å²) in [6, 6.07) is 17.1. The summed E-state index contributed by atoms with van der Waals surface area (Å²) >= 11 is 0. The van der Waals surface area contributed by atoms with E-state index in [0.29, 0.717) is 6.04 Å². The summed E-state index contributed by atoms with van der Waals surface area (Å²) in [4.78, 5) is 9.61. The Balaban J connectivity index is 2.07. The van der Waals surface area contributed by atoms with Gasteiger partial charge in [-0.1, -0.05) is 64.1 Å². The van der Waals surface area contributed by atoms with Gasteiger partial charge in [-0.05, 0) is 36.5 Å². The highest BCUT2D eigenvalue weighted by molar-refractivity contribution is 5.90. The quantitative estimate of drug-likeness (QED) is 0.655. The lowest BCUT2D eigenvalue weighted by molar-refractivity contribution is 0.590. The minimum absolute atomic E-state index is 0.145. The molecule has 0 amide bonds. The van der Waals surface area contributed by atoms with Gasteiger partial charge in [0.2, 0.25) is 0 Å². The van der Waals surface area contributed by atoms with Crippen LogP contribution in [-0.2, 0) is 5.41 Å². The second kappa shape index (κ2) is 6.83. The molecule has 2 aromatic carbocycles. The van der Waals surface area contributed by atoms with E-state index in [1.165, 1.54) is 5.56 Å². The second-order valence-corrected chi connectivity index (χ2v) is 7.69. The Labute approximate surface area is 150 Å². The van der Waals surface area contributed by atoms with Crippen LogP contribution in [0.25, 0.3) is 22.3 Å². The molecule has 0 fully saturated rings. The number of benzene rings is 2. The van der Waals surface area contributed by atoms with Crippen molar-refractivity contribution < 1.29 is 0 Å². The first-order chi connectivity index (χ1) is 11.9. The number of anilines is 1. The number of hydrogen-bond acceptors (Lipinski definition) is 3. The molecule has 0 saturated carbocycles. The van der Waals surface area contributed by atoms with Gasteiger partial charge in [0, 0.05) is 17.0 Å². The van der Waals surface area contributed by atoms with Gasteiger partial charge in [-0.15, -0.1) is 0 Å². The maximum absolute atomic E-state index is 4.83. The van der Waals surface area contributed by atoms with Crippen LogP contribution >= 0.6 is 0 Å². The molecular weight excluding hydrogens is 306 g/mol. The van der Waals surface area contributed by atoms with Crippen LogP contribution in [0.15, 0.2) is 48.5 Å². The highest BCUT2D eigenvalue weighted by atomic mass is 15.0. The van der Waals surface area contributed by atoms with E-state index in [2.05, 4.69) is 70.3 Å². The summed E-state index contributed by atoms with van der Waals surface area (Å²) in [5.41, 5.74) is 3.48. The van der Waals surface area contributed by atoms with E-state index in [4.69, 9.17) is 9.97 Å². The van der Waals surface area contributed by atoms with Gasteiger partial charge in [-0.2, -0.15) is 0 Å². The van der Waals surface area contributed by atoms with E-state index in [9.17, 15) is 0 Å². The van der Waals surface area contributed by atoms with Gasteiger partial charge >= 0.3 is 0 Å². The number of aromatic nitrogens is 2. The molecule has 0 saturated heterocycles. The highest BCUT2D eigenvalue weighted by Gasteiger charge is 2.15. The molecule has 1 unspecified atom stereocenters. The standard InChI is InChI=1S/C22H27N3/c1-6-15(2)23-21-18-9-7-8-10-19(18)24-20(25-21)16-11-13-17(14-12-16)22(3,4)5/h7-15H,6H2,1-5H3,(H,23,24,25). The van der Waals surface area contributed by atoms with Crippen LogP contribution in [0.4, 0.5) is 5.82 Å². The molecule has 0 radical (unpaired) electrons. The smallest absolute Gasteiger partial charge is 0.162 e. The maximum atomic E-state index is 4.83. The van der Waals surface area contributed by atoms with Gasteiger partial charge < -0.3 is 5.32 Å². The van der Waals surface area contributed by atoms with Gasteiger partial charge in [-0.3, -0.25) is 0 Å². The van der Waals surface area contributed by atoms with Gasteiger partial charge in [0.05, 0.1) is 5.52 Å². The zero-order valence-electron chi connectivity index (χ0n) is 15.8. The zero-order chi connectivity index (χ0) is 18.0. The van der Waals surface area contributed by atoms with Crippen LogP contribution in [0.5, 0.6) is 0 Å². The van der Waals surface area contributed by atoms with Crippen molar-refractivity contribution in [3.8, 4) is 11.4 Å². The van der Waals surface area contributed by atoms with Crippen molar-refractivity contribution in [2.75, 3.05) is 5.32 Å². The summed E-state index contributed by atoms with van der Waals surface area (Å²) in [6.07, 6.45) is 1.05. The highest BCUT2D eigenvalue weighted by Crippen LogP contribution is 2.28. The van der Waals surface area contributed by atoms with Crippen molar-refractivity contribution in [3.63, 3.8) is 0 Å². The van der Waals surface area contributed by atoms with E-state index >= 15 is 0 Å². The molecule has 130 valence electrons. The maximum Gasteiger partial charge on any atom is 0.162 e. The molecule has 3 nitrogen and oxygen atoms in total. The number of nitrogens with zero attached hydrogens (tertiary/aromatic N) is 2. The fourth-order valence-corrected chi connectivity index (χ4v) is 2.77. The Morgan fingerprint density at radius 2 is 1.64 bits per heavy atom. The summed E-state index contributed by atoms with van der Waals surface area (Å²) in [5, 5.41) is 4.60. The van der Waals surface area contributed by atoms with Crippen molar-refractivity contribution in [2.24, 2.45) is 0 Å². The van der Waals surface area contributed by atoms with Gasteiger partial charge in [0.25, 0.3) is 0 Å². The predicted octanol–water partition coefficient (Wildman–Crippen LogP) is 5.80. The van der Waals surface area contributed by atoms with Crippen LogP contribution in [0.2, 0.25) is 0 Å². The van der Waals surface area contributed by atoms with E-state index < -0.39 is 0 Å². The van der Waals surface area contributed by atoms with E-state index in [1.807, 2.05) is 18.2 Å². The number of fused-ring (bicyclic) bond motifs is 1. The van der Waals surface area contributed by atoms with E-state index in [-0.39, 0.29) is 5.41 Å². The van der Waals surface area contributed by atoms with Crippen LogP contribution in [0.3, 0.4) is 0 Å². The first kappa shape index (κ1) is 17.4. The molecule has 1 heterocycles. The monoisotopic (exact) mass is 333 g/mol. The third-order valence-corrected chi connectivity index (χ3v) is 4.61. The summed E-state index contributed by atoms with van der Waals surface area (Å²) in [7, 11) is 0. The van der Waals surface area contributed by atoms with E-state index in [0.717, 1.165) is 34.5 Å². The van der Waals surface area contributed by atoms with Crippen molar-refractivity contribution in [1.82, 2.24) is 9.97 Å². The lowest BCUT2D eigenvalue weighted by Crippen LogP contribution is -2.15. The fraction of sp³-hybridized carbons (Fsp3) is 0.364. The van der Waals surface area contributed by atoms with Crippen LogP contribution in [0, 0.1) is 0 Å². The molecule has 1 N–H and O–H groups in total. The van der Waals surface area contributed by atoms with Crippen molar-refractivity contribution in [1.29, 1.82) is 0 Å². The van der Waals surface area contributed by atoms with E-state index in [1.54, 1.807) is 0 Å². The van der Waals surface area contributed by atoms with Gasteiger partial charge in [0.1, 0.15) is 5.82 Å². The molecule has 1 atom stereocenters. The van der Waals surface area contributed by atoms with Crippen molar-refractivity contribution >= 4 is 16.7 Å². The number of hydrogen-bond donors (Lipinski definition) is 1. The molecular formula is C22H27N3. The lowest BCUT2D eigenvalue weighted by Gasteiger charge is -2.19. The fourth-order valence-electron chi connectivity index (χ4n) is 2.77. The first-order valence-electron chi connectivity index (χ1n) is 9.02. The third kappa shape index (κ3) is 3.81. The molecule has 25 heavy (non-hydrogen) atoms. The molecule has 3 heteroatoms. The minimum Gasteiger partial charge on any atom is -0.367 e. The molecule has 0 aliphatic carbocycles. The summed E-state index contributed by atoms with van der Waals surface area (Å²) in [6.45, 7) is 11.0. The SMILES string of the molecule is CCC(C)Nc1nc(-c2ccc(C(C)(C)C)cc2)nc2ccccc12. The molecule has 1 aromatic heterocycles. The van der Waals surface area contributed by atoms with Crippen molar-refractivity contribution in [3.05, 3.63) is 54.1 Å². The Hall–Kier alpha value is -2.42. The Morgan fingerprint density at radius 3 is 2.28 bits per heavy atom. The minimum atomic E-state index is 0.145. The van der Waals surface area contributed by atoms with Crippen LogP contribution in [0.1, 0.15) is 46.6 Å². The average molecular weight is 333 g/mol. The summed E-state index contributed by atoms with van der Waals surface area (Å²) in [5.74, 6) is 1.68. The van der Waals surface area contributed by atoms with Gasteiger partial charge in [0.15, 0.2) is 5.82 Å². The Bertz CT molecular complexity index is 861. The van der Waals surface area contributed by atoms with Gasteiger partial charge in [-0.25, -0.2) is 9.97 Å². The molecule has 3 rings (SSSR count). The molecule has 0 aliphatic heterocycles. The number of nitrogens with one attached hydrogen (secondary N) is 1. The largest absolute Gasteiger partial charge is 0.367 e. The Kier molecular flexibility index (Phi) is 4.76. The normalized spacial score (nSPS) is 13.0. The second-order valence-electron chi connectivity index (χ2n) is 7.69. The number of rotatable bonds is 4. The van der Waals surface area contributed by atoms with Crippen molar-refractivity contribution in [2.45, 2.75) is 52.5 Å². The van der Waals surface area contributed by atoms with Crippen LogP contribution < -0.4 is 5.32 Å². The van der Waals surface area contributed by atoms with Crippen LogP contribution in [-0.4, -0.2) is 16.0 Å². The summed E-state index contributed by atoms with van der Waals surface area (Å²) < 4.78 is 0. The zero-order valence-corrected chi connectivity index (χ0v) is 15.8. The average Bonchev–Trinajstić information content (AvgIpc) is 2.61. The molecule has 3 aromatic rings. The first-order valence-corrected chi connectivity index (χ1v) is 9.02. The predicted molar refractivity (Wildman–Crippen MR) is 107 cm³/mol. The topological polar surface area (TPSA) is 37.8 Å². The molecule has 0 bridgehead atoms. The number of para-hydroxylation sites is 1. The lowest BCUT2D eigenvalue weighted by atomic mass is 9.87. The molecule has 0 aliphatic rings.